The minimum Gasteiger partial charge on any atom is -0.294 e. The van der Waals surface area contributed by atoms with Crippen molar-refractivity contribution in [3.05, 3.63) is 85.7 Å². The second-order valence-corrected chi connectivity index (χ2v) is 8.41. The van der Waals surface area contributed by atoms with E-state index in [9.17, 15) is 4.79 Å². The third-order valence-corrected chi connectivity index (χ3v) is 6.20. The number of hydrogen-bond donors (Lipinski definition) is 0. The van der Waals surface area contributed by atoms with Crippen LogP contribution in [0.15, 0.2) is 53.6 Å². The second kappa shape index (κ2) is 6.95. The van der Waals surface area contributed by atoms with Crippen LogP contribution in [0.4, 0.5) is 0 Å². The predicted molar refractivity (Wildman–Crippen MR) is 114 cm³/mol. The Hall–Kier alpha value is -2.43. The Morgan fingerprint density at radius 2 is 1.89 bits per heavy atom. The Balaban J connectivity index is 1.94. The van der Waals surface area contributed by atoms with Crippen molar-refractivity contribution >= 4 is 33.2 Å². The maximum absolute atomic E-state index is 13.3. The fourth-order valence-corrected chi connectivity index (χ4v) is 4.58. The van der Waals surface area contributed by atoms with E-state index in [0.717, 1.165) is 32.0 Å². The fourth-order valence-electron chi connectivity index (χ4n) is 3.39. The molecule has 0 atom stereocenters. The van der Waals surface area contributed by atoms with Crippen molar-refractivity contribution in [1.29, 1.82) is 0 Å². The van der Waals surface area contributed by atoms with Gasteiger partial charge >= 0.3 is 0 Å². The van der Waals surface area contributed by atoms with Gasteiger partial charge in [0.2, 0.25) is 0 Å². The van der Waals surface area contributed by atoms with E-state index in [2.05, 4.69) is 44.0 Å². The van der Waals surface area contributed by atoms with Crippen LogP contribution < -0.4 is 5.56 Å². The lowest BCUT2D eigenvalue weighted by Gasteiger charge is -2.10. The van der Waals surface area contributed by atoms with Gasteiger partial charge in [-0.1, -0.05) is 53.6 Å². The highest BCUT2D eigenvalue weighted by molar-refractivity contribution is 7.19. The molecular formula is C22H19ClN2OS. The van der Waals surface area contributed by atoms with Crippen LogP contribution in [0.25, 0.3) is 21.3 Å². The normalized spacial score (nSPS) is 11.3. The first-order valence-corrected chi connectivity index (χ1v) is 9.94. The number of rotatable bonds is 3. The predicted octanol–water partition coefficient (Wildman–Crippen LogP) is 5.75. The molecule has 4 rings (SSSR count). The first-order chi connectivity index (χ1) is 13.0. The summed E-state index contributed by atoms with van der Waals surface area (Å²) < 4.78 is 1.64. The molecule has 0 saturated carbocycles. The van der Waals surface area contributed by atoms with Gasteiger partial charge in [0.15, 0.2) is 0 Å². The van der Waals surface area contributed by atoms with Crippen molar-refractivity contribution in [1.82, 2.24) is 9.55 Å². The van der Waals surface area contributed by atoms with Crippen LogP contribution in [-0.2, 0) is 6.54 Å². The van der Waals surface area contributed by atoms with Crippen LogP contribution in [-0.4, -0.2) is 9.55 Å². The largest absolute Gasteiger partial charge is 0.294 e. The average Bonchev–Trinajstić information content (AvgIpc) is 2.98. The summed E-state index contributed by atoms with van der Waals surface area (Å²) in [6, 6.07) is 13.9. The molecule has 0 unspecified atom stereocenters. The number of thiophene rings is 1. The van der Waals surface area contributed by atoms with Crippen LogP contribution in [0.1, 0.15) is 21.6 Å². The van der Waals surface area contributed by atoms with Crippen LogP contribution in [0.2, 0.25) is 5.02 Å². The molecule has 0 aliphatic rings. The number of benzene rings is 2. The quantitative estimate of drug-likeness (QED) is 0.443. The van der Waals surface area contributed by atoms with Gasteiger partial charge in [0.05, 0.1) is 18.3 Å². The molecule has 0 aliphatic heterocycles. The second-order valence-electron chi connectivity index (χ2n) is 6.80. The molecule has 136 valence electrons. The smallest absolute Gasteiger partial charge is 0.263 e. The highest BCUT2D eigenvalue weighted by atomic mass is 35.5. The Kier molecular flexibility index (Phi) is 4.62. The maximum atomic E-state index is 13.3. The number of hydrogen-bond acceptors (Lipinski definition) is 3. The minimum absolute atomic E-state index is 0.0276. The van der Waals surface area contributed by atoms with E-state index >= 15 is 0 Å². The third-order valence-electron chi connectivity index (χ3n) is 4.82. The summed E-state index contributed by atoms with van der Waals surface area (Å²) in [6.07, 6.45) is 1.62. The van der Waals surface area contributed by atoms with Gasteiger partial charge in [-0.3, -0.25) is 9.36 Å². The number of nitrogens with zero attached hydrogens (tertiary/aromatic N) is 2. The van der Waals surface area contributed by atoms with Crippen LogP contribution in [0, 0.1) is 20.8 Å². The Morgan fingerprint density at radius 1 is 1.11 bits per heavy atom. The highest BCUT2D eigenvalue weighted by Crippen LogP contribution is 2.37. The Morgan fingerprint density at radius 3 is 2.67 bits per heavy atom. The molecular weight excluding hydrogens is 376 g/mol. The molecule has 5 heteroatoms. The van der Waals surface area contributed by atoms with E-state index in [1.165, 1.54) is 5.56 Å². The number of aryl methyl sites for hydroxylation is 3. The zero-order valence-electron chi connectivity index (χ0n) is 15.4. The first kappa shape index (κ1) is 18.0. The van der Waals surface area contributed by atoms with Crippen molar-refractivity contribution in [2.24, 2.45) is 0 Å². The topological polar surface area (TPSA) is 34.9 Å². The maximum Gasteiger partial charge on any atom is 0.263 e. The number of halogens is 1. The molecule has 0 amide bonds. The molecule has 0 fully saturated rings. The summed E-state index contributed by atoms with van der Waals surface area (Å²) in [5.74, 6) is 0. The summed E-state index contributed by atoms with van der Waals surface area (Å²) in [5, 5.41) is 1.35. The van der Waals surface area contributed by atoms with Crippen molar-refractivity contribution in [3.63, 3.8) is 0 Å². The molecule has 0 aliphatic carbocycles. The highest BCUT2D eigenvalue weighted by Gasteiger charge is 2.18. The minimum atomic E-state index is -0.0276. The average molecular weight is 395 g/mol. The third kappa shape index (κ3) is 3.20. The molecule has 27 heavy (non-hydrogen) atoms. The lowest BCUT2D eigenvalue weighted by Crippen LogP contribution is -2.21. The van der Waals surface area contributed by atoms with E-state index in [0.29, 0.717) is 17.0 Å². The molecule has 0 bridgehead atoms. The Labute approximate surface area is 166 Å². The fraction of sp³-hybridized carbons (Fsp3) is 0.182. The molecule has 4 aromatic rings. The molecule has 2 aromatic heterocycles. The van der Waals surface area contributed by atoms with Crippen LogP contribution in [0.3, 0.4) is 0 Å². The standard InChI is InChI=1S/C22H19ClN2OS/c1-13-8-9-14(2)17(10-13)19-15(3)27-21-20(19)22(26)25(12-24-21)11-16-6-4-5-7-18(16)23/h4-10,12H,11H2,1-3H3. The molecule has 0 N–H and O–H groups in total. The molecule has 2 aromatic carbocycles. The molecule has 3 nitrogen and oxygen atoms in total. The van der Waals surface area contributed by atoms with E-state index in [-0.39, 0.29) is 5.56 Å². The summed E-state index contributed by atoms with van der Waals surface area (Å²) in [6.45, 7) is 6.61. The monoisotopic (exact) mass is 394 g/mol. The van der Waals surface area contributed by atoms with Crippen LogP contribution in [0.5, 0.6) is 0 Å². The van der Waals surface area contributed by atoms with Crippen LogP contribution >= 0.6 is 22.9 Å². The first-order valence-electron chi connectivity index (χ1n) is 8.75. The lowest BCUT2D eigenvalue weighted by molar-refractivity contribution is 0.749. The summed E-state index contributed by atoms with van der Waals surface area (Å²) in [5.41, 5.74) is 5.32. The number of fused-ring (bicyclic) bond motifs is 1. The van der Waals surface area contributed by atoms with E-state index < -0.39 is 0 Å². The van der Waals surface area contributed by atoms with Crippen molar-refractivity contribution in [3.8, 4) is 11.1 Å². The van der Waals surface area contributed by atoms with Gasteiger partial charge in [-0.15, -0.1) is 11.3 Å². The van der Waals surface area contributed by atoms with Gasteiger partial charge < -0.3 is 0 Å². The van der Waals surface area contributed by atoms with E-state index in [4.69, 9.17) is 11.6 Å². The van der Waals surface area contributed by atoms with Crippen molar-refractivity contribution in [2.45, 2.75) is 27.3 Å². The van der Waals surface area contributed by atoms with Gasteiger partial charge in [-0.05, 0) is 43.5 Å². The lowest BCUT2D eigenvalue weighted by atomic mass is 9.97. The molecule has 0 saturated heterocycles. The zero-order chi connectivity index (χ0) is 19.1. The molecule has 0 radical (unpaired) electrons. The summed E-state index contributed by atoms with van der Waals surface area (Å²) in [4.78, 5) is 19.8. The van der Waals surface area contributed by atoms with Gasteiger partial charge in [0, 0.05) is 15.5 Å². The van der Waals surface area contributed by atoms with Gasteiger partial charge in [-0.25, -0.2) is 4.98 Å². The summed E-state index contributed by atoms with van der Waals surface area (Å²) in [7, 11) is 0. The van der Waals surface area contributed by atoms with E-state index in [1.54, 1.807) is 22.2 Å². The summed E-state index contributed by atoms with van der Waals surface area (Å²) >= 11 is 7.85. The van der Waals surface area contributed by atoms with Crippen molar-refractivity contribution in [2.75, 3.05) is 0 Å². The molecule has 2 heterocycles. The number of aromatic nitrogens is 2. The van der Waals surface area contributed by atoms with Gasteiger partial charge in [0.1, 0.15) is 4.83 Å². The Bertz CT molecular complexity index is 1220. The SMILES string of the molecule is Cc1ccc(C)c(-c2c(C)sc3ncn(Cc4ccccc4Cl)c(=O)c23)c1. The van der Waals surface area contributed by atoms with E-state index in [1.807, 2.05) is 24.3 Å². The van der Waals surface area contributed by atoms with Gasteiger partial charge in [0.25, 0.3) is 5.56 Å². The van der Waals surface area contributed by atoms with Crippen molar-refractivity contribution < 1.29 is 0 Å². The van der Waals surface area contributed by atoms with Gasteiger partial charge in [-0.2, -0.15) is 0 Å². The zero-order valence-corrected chi connectivity index (χ0v) is 17.0. The molecule has 0 spiro atoms.